The zero-order valence-corrected chi connectivity index (χ0v) is 19.4. The quantitative estimate of drug-likeness (QED) is 0.332. The summed E-state index contributed by atoms with van der Waals surface area (Å²) in [5.41, 5.74) is 0.982. The lowest BCUT2D eigenvalue weighted by Gasteiger charge is -2.25. The lowest BCUT2D eigenvalue weighted by molar-refractivity contribution is -0.140. The van der Waals surface area contributed by atoms with Gasteiger partial charge in [0.25, 0.3) is 11.7 Å². The highest BCUT2D eigenvalue weighted by molar-refractivity contribution is 6.46. The third-order valence-corrected chi connectivity index (χ3v) is 5.16. The van der Waals surface area contributed by atoms with E-state index in [0.29, 0.717) is 35.8 Å². The van der Waals surface area contributed by atoms with E-state index in [0.717, 1.165) is 0 Å². The van der Waals surface area contributed by atoms with Gasteiger partial charge in [0, 0.05) is 25.0 Å². The fourth-order valence-electron chi connectivity index (χ4n) is 3.76. The maximum atomic E-state index is 13.1. The van der Waals surface area contributed by atoms with Crippen LogP contribution >= 0.6 is 0 Å². The van der Waals surface area contributed by atoms with Gasteiger partial charge in [0.1, 0.15) is 17.3 Å². The first kappa shape index (κ1) is 24.3. The van der Waals surface area contributed by atoms with Gasteiger partial charge in [-0.25, -0.2) is 0 Å². The Kier molecular flexibility index (Phi) is 8.06. The number of hydrogen-bond donors (Lipinski definition) is 1. The molecule has 1 N–H and O–H groups in total. The van der Waals surface area contributed by atoms with Crippen LogP contribution in [0.2, 0.25) is 0 Å². The van der Waals surface area contributed by atoms with Crippen LogP contribution in [0.3, 0.4) is 0 Å². The van der Waals surface area contributed by atoms with Crippen LogP contribution in [0.1, 0.15) is 44.9 Å². The Hall–Kier alpha value is -3.39. The van der Waals surface area contributed by atoms with Crippen molar-refractivity contribution in [2.75, 3.05) is 26.4 Å². The Labute approximate surface area is 193 Å². The van der Waals surface area contributed by atoms with E-state index in [1.165, 1.54) is 4.90 Å². The van der Waals surface area contributed by atoms with E-state index in [9.17, 15) is 14.7 Å². The number of ether oxygens (including phenoxy) is 3. The van der Waals surface area contributed by atoms with Crippen molar-refractivity contribution in [1.82, 2.24) is 9.88 Å². The molecule has 33 heavy (non-hydrogen) atoms. The van der Waals surface area contributed by atoms with E-state index in [2.05, 4.69) is 4.98 Å². The van der Waals surface area contributed by atoms with Gasteiger partial charge in [-0.05, 0) is 57.5 Å². The van der Waals surface area contributed by atoms with Crippen molar-refractivity contribution in [1.29, 1.82) is 0 Å². The average Bonchev–Trinajstić information content (AvgIpc) is 3.05. The first-order valence-corrected chi connectivity index (χ1v) is 11.1. The summed E-state index contributed by atoms with van der Waals surface area (Å²) < 4.78 is 16.9. The van der Waals surface area contributed by atoms with E-state index in [1.807, 2.05) is 27.7 Å². The second-order valence-electron chi connectivity index (χ2n) is 7.72. The van der Waals surface area contributed by atoms with Crippen LogP contribution in [0.25, 0.3) is 5.76 Å². The smallest absolute Gasteiger partial charge is 0.295 e. The fraction of sp³-hybridized carbons (Fsp3) is 0.400. The number of benzene rings is 1. The molecule has 3 rings (SSSR count). The minimum absolute atomic E-state index is 0.000796. The molecular weight excluding hydrogens is 424 g/mol. The van der Waals surface area contributed by atoms with Crippen molar-refractivity contribution in [3.63, 3.8) is 0 Å². The molecule has 0 bridgehead atoms. The van der Waals surface area contributed by atoms with Crippen LogP contribution in [0.4, 0.5) is 0 Å². The number of carbonyl (C=O) groups excluding carboxylic acids is 2. The first-order chi connectivity index (χ1) is 15.9. The van der Waals surface area contributed by atoms with E-state index >= 15 is 0 Å². The number of nitrogens with zero attached hydrogens (tertiary/aromatic N) is 2. The lowest BCUT2D eigenvalue weighted by atomic mass is 9.95. The van der Waals surface area contributed by atoms with Crippen LogP contribution in [0.15, 0.2) is 48.3 Å². The number of aromatic nitrogens is 1. The van der Waals surface area contributed by atoms with Gasteiger partial charge in [0.2, 0.25) is 0 Å². The summed E-state index contributed by atoms with van der Waals surface area (Å²) in [6, 6.07) is 7.66. The second-order valence-corrected chi connectivity index (χ2v) is 7.72. The van der Waals surface area contributed by atoms with E-state index in [4.69, 9.17) is 14.2 Å². The Morgan fingerprint density at radius 2 is 1.79 bits per heavy atom. The molecule has 176 valence electrons. The highest BCUT2D eigenvalue weighted by Crippen LogP contribution is 2.41. The van der Waals surface area contributed by atoms with Gasteiger partial charge in [-0.3, -0.25) is 14.6 Å². The van der Waals surface area contributed by atoms with Crippen molar-refractivity contribution in [3.05, 3.63) is 59.4 Å². The summed E-state index contributed by atoms with van der Waals surface area (Å²) in [7, 11) is 0. The molecule has 2 heterocycles. The maximum absolute atomic E-state index is 13.1. The zero-order valence-electron chi connectivity index (χ0n) is 19.4. The summed E-state index contributed by atoms with van der Waals surface area (Å²) in [5, 5.41) is 11.3. The number of aliphatic hydroxyl groups excluding tert-OH is 1. The van der Waals surface area contributed by atoms with Gasteiger partial charge in [-0.2, -0.15) is 0 Å². The van der Waals surface area contributed by atoms with Crippen LogP contribution in [-0.4, -0.2) is 59.2 Å². The number of likely N-dealkylation sites (tertiary alicyclic amines) is 1. The highest BCUT2D eigenvalue weighted by Gasteiger charge is 2.46. The third-order valence-electron chi connectivity index (χ3n) is 5.16. The minimum Gasteiger partial charge on any atom is -0.507 e. The number of carbonyl (C=O) groups is 2. The van der Waals surface area contributed by atoms with Gasteiger partial charge < -0.3 is 24.2 Å². The number of aliphatic hydroxyl groups is 1. The molecular formula is C25H30N2O6. The number of amides is 1. The standard InChI is InChI=1S/C25H30N2O6/c1-5-31-18-7-8-19(20(15-18)32-6-2)23(28)21-22(17-9-11-26-12-10-17)27(25(30)24(21)29)13-14-33-16(3)4/h7-12,15-16,22,28H,5-6,13-14H2,1-4H3/b23-21-. The molecule has 1 amide bonds. The van der Waals surface area contributed by atoms with Crippen LogP contribution in [0, 0.1) is 0 Å². The summed E-state index contributed by atoms with van der Waals surface area (Å²) in [5.74, 6) is -0.794. The first-order valence-electron chi connectivity index (χ1n) is 11.1. The molecule has 1 aliphatic rings. The average molecular weight is 455 g/mol. The summed E-state index contributed by atoms with van der Waals surface area (Å²) >= 11 is 0. The molecule has 8 heteroatoms. The van der Waals surface area contributed by atoms with Gasteiger partial charge in [0.15, 0.2) is 0 Å². The van der Waals surface area contributed by atoms with Crippen molar-refractivity contribution in [2.24, 2.45) is 0 Å². The van der Waals surface area contributed by atoms with Gasteiger partial charge in [-0.1, -0.05) is 0 Å². The Balaban J connectivity index is 2.11. The SMILES string of the molecule is CCOc1ccc(/C(O)=C2/C(=O)C(=O)N(CCOC(C)C)C2c2ccncc2)c(OCC)c1. The molecule has 8 nitrogen and oxygen atoms in total. The molecule has 0 saturated carbocycles. The Morgan fingerprint density at radius 1 is 1.09 bits per heavy atom. The molecule has 1 atom stereocenters. The van der Waals surface area contributed by atoms with Crippen LogP contribution in [-0.2, 0) is 14.3 Å². The fourth-order valence-corrected chi connectivity index (χ4v) is 3.76. The molecule has 1 aliphatic heterocycles. The topological polar surface area (TPSA) is 98.2 Å². The minimum atomic E-state index is -0.773. The monoisotopic (exact) mass is 454 g/mol. The molecule has 1 aromatic carbocycles. The predicted octanol–water partition coefficient (Wildman–Crippen LogP) is 3.73. The number of ketones is 1. The largest absolute Gasteiger partial charge is 0.507 e. The van der Waals surface area contributed by atoms with E-state index in [1.54, 1.807) is 42.7 Å². The van der Waals surface area contributed by atoms with Crippen molar-refractivity contribution >= 4 is 17.4 Å². The normalized spacial score (nSPS) is 17.6. The highest BCUT2D eigenvalue weighted by atomic mass is 16.5. The summed E-state index contributed by atoms with van der Waals surface area (Å²) in [6.45, 7) is 8.78. The zero-order chi connectivity index (χ0) is 24.0. The molecule has 0 radical (unpaired) electrons. The Morgan fingerprint density at radius 3 is 2.42 bits per heavy atom. The van der Waals surface area contributed by atoms with Crippen molar-refractivity contribution in [2.45, 2.75) is 39.8 Å². The molecule has 0 aliphatic carbocycles. The summed E-state index contributed by atoms with van der Waals surface area (Å²) in [6.07, 6.45) is 3.16. The van der Waals surface area contributed by atoms with Gasteiger partial charge in [0.05, 0.1) is 43.1 Å². The van der Waals surface area contributed by atoms with Gasteiger partial charge in [-0.15, -0.1) is 0 Å². The third kappa shape index (κ3) is 5.34. The lowest BCUT2D eigenvalue weighted by Crippen LogP contribution is -2.33. The van der Waals surface area contributed by atoms with E-state index in [-0.39, 0.29) is 30.6 Å². The maximum Gasteiger partial charge on any atom is 0.295 e. The number of pyridine rings is 1. The summed E-state index contributed by atoms with van der Waals surface area (Å²) in [4.78, 5) is 31.6. The molecule has 1 saturated heterocycles. The van der Waals surface area contributed by atoms with Crippen molar-refractivity contribution in [3.8, 4) is 11.5 Å². The number of Topliss-reactive ketones (excluding diaryl/α,β-unsaturated/α-hetero) is 1. The van der Waals surface area contributed by atoms with E-state index < -0.39 is 17.7 Å². The molecule has 1 aromatic heterocycles. The predicted molar refractivity (Wildman–Crippen MR) is 123 cm³/mol. The Bertz CT molecular complexity index is 1020. The molecule has 1 fully saturated rings. The molecule has 0 spiro atoms. The van der Waals surface area contributed by atoms with Gasteiger partial charge >= 0.3 is 0 Å². The van der Waals surface area contributed by atoms with Crippen LogP contribution < -0.4 is 9.47 Å². The molecule has 1 unspecified atom stereocenters. The second kappa shape index (κ2) is 11.0. The van der Waals surface area contributed by atoms with Crippen LogP contribution in [0.5, 0.6) is 11.5 Å². The number of rotatable bonds is 10. The van der Waals surface area contributed by atoms with Crippen molar-refractivity contribution < 1.29 is 28.9 Å². The number of hydrogen-bond acceptors (Lipinski definition) is 7. The molecule has 2 aromatic rings.